The van der Waals surface area contributed by atoms with Crippen molar-refractivity contribution in [1.29, 1.82) is 0 Å². The van der Waals surface area contributed by atoms with Crippen LogP contribution in [0.4, 0.5) is 0 Å². The second kappa shape index (κ2) is 10.5. The Labute approximate surface area is 174 Å². The van der Waals surface area contributed by atoms with Crippen molar-refractivity contribution in [1.82, 2.24) is 15.5 Å². The van der Waals surface area contributed by atoms with Crippen LogP contribution in [0.1, 0.15) is 12.5 Å². The molecule has 150 valence electrons. The Kier molecular flexibility index (Phi) is 7.47. The van der Waals surface area contributed by atoms with Crippen LogP contribution < -0.4 is 14.8 Å². The molecule has 0 saturated carbocycles. The number of hydrogen-bond donors (Lipinski definition) is 1. The number of benzene rings is 2. The van der Waals surface area contributed by atoms with Gasteiger partial charge in [0, 0.05) is 12.1 Å². The van der Waals surface area contributed by atoms with Crippen LogP contribution in [-0.4, -0.2) is 35.6 Å². The van der Waals surface area contributed by atoms with Gasteiger partial charge in [-0.25, -0.2) is 0 Å². The zero-order chi connectivity index (χ0) is 20.5. The second-order valence-electron chi connectivity index (χ2n) is 6.13. The molecule has 0 unspecified atom stereocenters. The first-order valence-electron chi connectivity index (χ1n) is 9.27. The highest BCUT2D eigenvalue weighted by Gasteiger charge is 2.06. The first kappa shape index (κ1) is 20.7. The molecule has 2 aromatic carbocycles. The van der Waals surface area contributed by atoms with Crippen molar-refractivity contribution in [2.75, 3.05) is 19.5 Å². The van der Waals surface area contributed by atoms with E-state index in [9.17, 15) is 4.79 Å². The van der Waals surface area contributed by atoms with Gasteiger partial charge in [-0.05, 0) is 61.0 Å². The fourth-order valence-electron chi connectivity index (χ4n) is 2.61. The average molecular weight is 410 g/mol. The Morgan fingerprint density at radius 3 is 2.55 bits per heavy atom. The molecule has 0 saturated heterocycles. The van der Waals surface area contributed by atoms with Crippen molar-refractivity contribution in [2.45, 2.75) is 18.5 Å². The van der Waals surface area contributed by atoms with Crippen molar-refractivity contribution in [3.63, 3.8) is 0 Å². The van der Waals surface area contributed by atoms with E-state index in [1.807, 2.05) is 67.6 Å². The molecule has 1 N–H and O–H groups in total. The number of carbonyl (C=O) groups excluding carboxylic acids is 1. The largest absolute Gasteiger partial charge is 0.497 e. The Balaban J connectivity index is 1.48. The average Bonchev–Trinajstić information content (AvgIpc) is 2.77. The lowest BCUT2D eigenvalue weighted by Gasteiger charge is -2.07. The molecule has 6 nitrogen and oxygen atoms in total. The summed E-state index contributed by atoms with van der Waals surface area (Å²) in [6, 6.07) is 19.1. The SMILES string of the molecule is CCOc1ccc(-c2ccc(SCC(=O)NCc3cccc(OC)c3)nn2)cc1. The molecule has 0 aliphatic carbocycles. The van der Waals surface area contributed by atoms with Crippen LogP contribution in [-0.2, 0) is 11.3 Å². The molecule has 7 heteroatoms. The predicted octanol–water partition coefficient (Wildman–Crippen LogP) is 3.96. The molecular weight excluding hydrogens is 386 g/mol. The van der Waals surface area contributed by atoms with Crippen molar-refractivity contribution >= 4 is 17.7 Å². The lowest BCUT2D eigenvalue weighted by Crippen LogP contribution is -2.24. The van der Waals surface area contributed by atoms with Crippen LogP contribution in [0.3, 0.4) is 0 Å². The second-order valence-corrected chi connectivity index (χ2v) is 7.13. The van der Waals surface area contributed by atoms with Crippen LogP contribution in [0.2, 0.25) is 0 Å². The van der Waals surface area contributed by atoms with Crippen LogP contribution in [0.25, 0.3) is 11.3 Å². The van der Waals surface area contributed by atoms with Gasteiger partial charge in [0.15, 0.2) is 0 Å². The molecule has 0 spiro atoms. The van der Waals surface area contributed by atoms with E-state index >= 15 is 0 Å². The Hall–Kier alpha value is -3.06. The summed E-state index contributed by atoms with van der Waals surface area (Å²) in [5, 5.41) is 12.1. The third kappa shape index (κ3) is 6.22. The van der Waals surface area contributed by atoms with Crippen LogP contribution >= 0.6 is 11.8 Å². The maximum atomic E-state index is 12.1. The summed E-state index contributed by atoms with van der Waals surface area (Å²) in [5.74, 6) is 1.82. The third-order valence-electron chi connectivity index (χ3n) is 4.08. The van der Waals surface area contributed by atoms with Crippen LogP contribution in [0.15, 0.2) is 65.7 Å². The molecule has 1 aromatic heterocycles. The number of nitrogens with one attached hydrogen (secondary N) is 1. The highest BCUT2D eigenvalue weighted by molar-refractivity contribution is 7.99. The molecule has 1 amide bonds. The first-order chi connectivity index (χ1) is 14.2. The van der Waals surface area contributed by atoms with E-state index in [1.165, 1.54) is 11.8 Å². The van der Waals surface area contributed by atoms with Gasteiger partial charge in [0.05, 0.1) is 25.2 Å². The summed E-state index contributed by atoms with van der Waals surface area (Å²) in [6.45, 7) is 3.05. The molecule has 0 aliphatic heterocycles. The quantitative estimate of drug-likeness (QED) is 0.539. The topological polar surface area (TPSA) is 73.3 Å². The van der Waals surface area contributed by atoms with Gasteiger partial charge in [-0.1, -0.05) is 23.9 Å². The summed E-state index contributed by atoms with van der Waals surface area (Å²) >= 11 is 1.35. The van der Waals surface area contributed by atoms with E-state index in [4.69, 9.17) is 9.47 Å². The minimum atomic E-state index is -0.0600. The third-order valence-corrected chi connectivity index (χ3v) is 5.00. The Bertz CT molecular complexity index is 931. The lowest BCUT2D eigenvalue weighted by molar-refractivity contribution is -0.118. The van der Waals surface area contributed by atoms with Crippen molar-refractivity contribution < 1.29 is 14.3 Å². The van der Waals surface area contributed by atoms with Gasteiger partial charge in [0.1, 0.15) is 16.5 Å². The monoisotopic (exact) mass is 409 g/mol. The van der Waals surface area contributed by atoms with Gasteiger partial charge >= 0.3 is 0 Å². The van der Waals surface area contributed by atoms with Crippen molar-refractivity contribution in [3.05, 3.63) is 66.2 Å². The molecule has 0 bridgehead atoms. The molecule has 3 rings (SSSR count). The van der Waals surface area contributed by atoms with Crippen LogP contribution in [0, 0.1) is 0 Å². The number of ether oxygens (including phenoxy) is 2. The number of amides is 1. The maximum absolute atomic E-state index is 12.1. The maximum Gasteiger partial charge on any atom is 0.230 e. The number of nitrogens with zero attached hydrogens (tertiary/aromatic N) is 2. The fraction of sp³-hybridized carbons (Fsp3) is 0.227. The lowest BCUT2D eigenvalue weighted by atomic mass is 10.1. The predicted molar refractivity (Wildman–Crippen MR) is 114 cm³/mol. The normalized spacial score (nSPS) is 10.4. The van der Waals surface area contributed by atoms with Crippen molar-refractivity contribution in [3.8, 4) is 22.8 Å². The summed E-state index contributed by atoms with van der Waals surface area (Å²) in [5.41, 5.74) is 2.73. The van der Waals surface area contributed by atoms with E-state index in [0.717, 1.165) is 28.3 Å². The van der Waals surface area contributed by atoms with E-state index in [-0.39, 0.29) is 11.7 Å². The van der Waals surface area contributed by atoms with Crippen LogP contribution in [0.5, 0.6) is 11.5 Å². The molecule has 1 heterocycles. The Morgan fingerprint density at radius 2 is 1.86 bits per heavy atom. The number of hydrogen-bond acceptors (Lipinski definition) is 6. The van der Waals surface area contributed by atoms with Gasteiger partial charge in [0.25, 0.3) is 0 Å². The number of carbonyl (C=O) groups is 1. The fourth-order valence-corrected chi connectivity index (χ4v) is 3.26. The molecule has 0 atom stereocenters. The molecule has 0 fully saturated rings. The first-order valence-corrected chi connectivity index (χ1v) is 10.3. The highest BCUT2D eigenvalue weighted by atomic mass is 32.2. The van der Waals surface area contributed by atoms with Gasteiger partial charge in [-0.15, -0.1) is 10.2 Å². The van der Waals surface area contributed by atoms with E-state index in [2.05, 4.69) is 15.5 Å². The summed E-state index contributed by atoms with van der Waals surface area (Å²) in [4.78, 5) is 12.1. The van der Waals surface area contributed by atoms with Crippen molar-refractivity contribution in [2.24, 2.45) is 0 Å². The minimum absolute atomic E-state index is 0.0600. The highest BCUT2D eigenvalue weighted by Crippen LogP contribution is 2.22. The number of methoxy groups -OCH3 is 1. The van der Waals surface area contributed by atoms with Gasteiger partial charge < -0.3 is 14.8 Å². The molecule has 0 radical (unpaired) electrons. The standard InChI is InChI=1S/C22H23N3O3S/c1-3-28-18-9-7-17(8-10-18)20-11-12-22(25-24-20)29-15-21(26)23-14-16-5-4-6-19(13-16)27-2/h4-13H,3,14-15H2,1-2H3,(H,23,26). The summed E-state index contributed by atoms with van der Waals surface area (Å²) in [6.07, 6.45) is 0. The van der Waals surface area contributed by atoms with E-state index in [0.29, 0.717) is 18.2 Å². The number of thioether (sulfide) groups is 1. The smallest absolute Gasteiger partial charge is 0.230 e. The molecule has 3 aromatic rings. The number of aromatic nitrogens is 2. The van der Waals surface area contributed by atoms with Gasteiger partial charge in [-0.2, -0.15) is 0 Å². The summed E-state index contributed by atoms with van der Waals surface area (Å²) < 4.78 is 10.6. The van der Waals surface area contributed by atoms with E-state index in [1.54, 1.807) is 7.11 Å². The van der Waals surface area contributed by atoms with Gasteiger partial charge in [-0.3, -0.25) is 4.79 Å². The molecule has 29 heavy (non-hydrogen) atoms. The summed E-state index contributed by atoms with van der Waals surface area (Å²) in [7, 11) is 1.62. The van der Waals surface area contributed by atoms with Gasteiger partial charge in [0.2, 0.25) is 5.91 Å². The Morgan fingerprint density at radius 1 is 1.03 bits per heavy atom. The number of rotatable bonds is 9. The zero-order valence-corrected chi connectivity index (χ0v) is 17.2. The van der Waals surface area contributed by atoms with E-state index < -0.39 is 0 Å². The molecular formula is C22H23N3O3S. The minimum Gasteiger partial charge on any atom is -0.497 e. The molecule has 0 aliphatic rings. The zero-order valence-electron chi connectivity index (χ0n) is 16.4.